The number of fused-ring (bicyclic) bond motifs is 1. The normalized spacial score (nSPS) is 12.6. The molecule has 2 aromatic heterocycles. The van der Waals surface area contributed by atoms with Crippen molar-refractivity contribution in [1.82, 2.24) is 14.3 Å². The van der Waals surface area contributed by atoms with E-state index in [-0.39, 0.29) is 5.91 Å². The molecule has 0 radical (unpaired) electrons. The molecule has 2 aromatic carbocycles. The van der Waals surface area contributed by atoms with Gasteiger partial charge in [0, 0.05) is 36.6 Å². The molecule has 0 bridgehead atoms. The molecule has 2 N–H and O–H groups in total. The molecule has 1 amide bonds. The van der Waals surface area contributed by atoms with E-state index in [1.165, 1.54) is 11.3 Å². The fraction of sp³-hybridized carbons (Fsp3) is 0.217. The molecule has 6 nitrogen and oxygen atoms in total. The number of benzene rings is 2. The van der Waals surface area contributed by atoms with Crippen molar-refractivity contribution in [1.29, 1.82) is 0 Å². The summed E-state index contributed by atoms with van der Waals surface area (Å²) in [5.74, 6) is 0.0618. The lowest BCUT2D eigenvalue weighted by atomic mass is 9.97. The number of H-pyrrole nitrogens is 1. The van der Waals surface area contributed by atoms with Crippen molar-refractivity contribution in [3.8, 4) is 11.1 Å². The quantitative estimate of drug-likeness (QED) is 0.391. The predicted octanol–water partition coefficient (Wildman–Crippen LogP) is 5.25. The summed E-state index contributed by atoms with van der Waals surface area (Å²) >= 11 is 0.151. The Balaban J connectivity index is 1.86. The highest BCUT2D eigenvalue weighted by Gasteiger charge is 2.23. The highest BCUT2D eigenvalue weighted by atomic mass is 32.2. The predicted molar refractivity (Wildman–Crippen MR) is 128 cm³/mol. The van der Waals surface area contributed by atoms with Crippen LogP contribution in [0.4, 0.5) is 5.13 Å². The third-order valence-electron chi connectivity index (χ3n) is 5.04. The first-order valence-electron chi connectivity index (χ1n) is 9.92. The minimum atomic E-state index is -1.22. The summed E-state index contributed by atoms with van der Waals surface area (Å²) in [5.41, 5.74) is 4.31. The van der Waals surface area contributed by atoms with Gasteiger partial charge in [0.2, 0.25) is 0 Å². The second-order valence-corrected chi connectivity index (χ2v) is 10.3. The molecule has 0 aliphatic heterocycles. The Labute approximate surface area is 188 Å². The zero-order chi connectivity index (χ0) is 22.1. The van der Waals surface area contributed by atoms with E-state index in [1.54, 1.807) is 24.6 Å². The molecule has 0 fully saturated rings. The Hall–Kier alpha value is -2.65. The van der Waals surface area contributed by atoms with Crippen molar-refractivity contribution >= 4 is 44.6 Å². The van der Waals surface area contributed by atoms with E-state index in [2.05, 4.69) is 35.2 Å². The molecular formula is C23H24N4O2S2. The Morgan fingerprint density at radius 2 is 1.94 bits per heavy atom. The molecule has 4 rings (SSSR count). The SMILES string of the molecule is CC(C)c1cccc2c(-c3ccc([S+]([O-])N(C)C)cc3)c(C(=O)Nc3nccs3)[nH]c12. The van der Waals surface area contributed by atoms with Crippen LogP contribution in [0.1, 0.15) is 35.8 Å². The summed E-state index contributed by atoms with van der Waals surface area (Å²) < 4.78 is 14.0. The van der Waals surface area contributed by atoms with Crippen LogP contribution in [0, 0.1) is 0 Å². The molecule has 1 unspecified atom stereocenters. The Bertz CT molecular complexity index is 1200. The lowest BCUT2D eigenvalue weighted by Crippen LogP contribution is -2.22. The Morgan fingerprint density at radius 3 is 2.55 bits per heavy atom. The van der Waals surface area contributed by atoms with Gasteiger partial charge in [-0.3, -0.25) is 10.1 Å². The number of nitrogens with one attached hydrogen (secondary N) is 2. The average Bonchev–Trinajstić information content (AvgIpc) is 3.40. The Morgan fingerprint density at radius 1 is 1.19 bits per heavy atom. The molecule has 8 heteroatoms. The zero-order valence-electron chi connectivity index (χ0n) is 17.8. The van der Waals surface area contributed by atoms with Gasteiger partial charge in [0.25, 0.3) is 5.91 Å². The summed E-state index contributed by atoms with van der Waals surface area (Å²) in [6.07, 6.45) is 1.66. The van der Waals surface area contributed by atoms with Crippen molar-refractivity contribution in [3.05, 3.63) is 65.3 Å². The smallest absolute Gasteiger partial charge is 0.274 e. The molecular weight excluding hydrogens is 428 g/mol. The van der Waals surface area contributed by atoms with E-state index in [0.717, 1.165) is 27.6 Å². The van der Waals surface area contributed by atoms with Gasteiger partial charge in [0.05, 0.1) is 16.9 Å². The highest BCUT2D eigenvalue weighted by Crippen LogP contribution is 2.37. The van der Waals surface area contributed by atoms with Gasteiger partial charge in [0.15, 0.2) is 10.0 Å². The number of amides is 1. The van der Waals surface area contributed by atoms with Gasteiger partial charge >= 0.3 is 0 Å². The van der Waals surface area contributed by atoms with Crippen molar-refractivity contribution in [2.45, 2.75) is 24.7 Å². The fourth-order valence-corrected chi connectivity index (χ4v) is 4.90. The first kappa shape index (κ1) is 21.6. The second-order valence-electron chi connectivity index (χ2n) is 7.68. The van der Waals surface area contributed by atoms with Crippen LogP contribution in [0.2, 0.25) is 0 Å². The molecule has 0 saturated carbocycles. The van der Waals surface area contributed by atoms with E-state index in [4.69, 9.17) is 0 Å². The van der Waals surface area contributed by atoms with E-state index in [1.807, 2.05) is 41.8 Å². The molecule has 4 aromatic rings. The third-order valence-corrected chi connectivity index (χ3v) is 7.07. The van der Waals surface area contributed by atoms with Gasteiger partial charge in [-0.2, -0.15) is 0 Å². The maximum absolute atomic E-state index is 13.2. The molecule has 0 aliphatic carbocycles. The van der Waals surface area contributed by atoms with E-state index < -0.39 is 11.4 Å². The van der Waals surface area contributed by atoms with Gasteiger partial charge in [-0.05, 0) is 41.3 Å². The van der Waals surface area contributed by atoms with E-state index in [0.29, 0.717) is 21.6 Å². The average molecular weight is 453 g/mol. The number of hydrogen-bond donors (Lipinski definition) is 2. The van der Waals surface area contributed by atoms with Gasteiger partial charge in [-0.1, -0.05) is 32.0 Å². The number of thiazole rings is 1. The van der Waals surface area contributed by atoms with Crippen LogP contribution in [0.3, 0.4) is 0 Å². The summed E-state index contributed by atoms with van der Waals surface area (Å²) in [6, 6.07) is 13.7. The van der Waals surface area contributed by atoms with E-state index >= 15 is 0 Å². The van der Waals surface area contributed by atoms with Crippen molar-refractivity contribution < 1.29 is 9.35 Å². The van der Waals surface area contributed by atoms with Gasteiger partial charge in [-0.15, -0.1) is 15.6 Å². The van der Waals surface area contributed by atoms with Crippen LogP contribution in [0.25, 0.3) is 22.0 Å². The summed E-state index contributed by atoms with van der Waals surface area (Å²) in [4.78, 5) is 21.4. The molecule has 0 saturated heterocycles. The molecule has 160 valence electrons. The number of anilines is 1. The van der Waals surface area contributed by atoms with Gasteiger partial charge in [-0.25, -0.2) is 4.98 Å². The van der Waals surface area contributed by atoms with Crippen LogP contribution >= 0.6 is 11.3 Å². The minimum Gasteiger partial charge on any atom is -0.593 e. The van der Waals surface area contributed by atoms with Crippen LogP contribution in [-0.2, 0) is 11.4 Å². The molecule has 31 heavy (non-hydrogen) atoms. The number of para-hydroxylation sites is 1. The maximum atomic E-state index is 13.2. The zero-order valence-corrected chi connectivity index (χ0v) is 19.4. The summed E-state index contributed by atoms with van der Waals surface area (Å²) in [7, 11) is 3.55. The maximum Gasteiger partial charge on any atom is 0.274 e. The minimum absolute atomic E-state index is 0.239. The van der Waals surface area contributed by atoms with Crippen molar-refractivity contribution in [2.24, 2.45) is 0 Å². The highest BCUT2D eigenvalue weighted by molar-refractivity contribution is 7.89. The lowest BCUT2D eigenvalue weighted by molar-refractivity contribution is 0.102. The summed E-state index contributed by atoms with van der Waals surface area (Å²) in [5, 5.41) is 6.24. The monoisotopic (exact) mass is 452 g/mol. The standard InChI is InChI=1S/C23H24N4O2S2/c1-14(2)17-6-5-7-18-19(15-8-10-16(11-9-15)31(29)27(3)4)21(25-20(17)18)22(28)26-23-24-12-13-30-23/h5-14,25H,1-4H3,(H,24,26,28). The molecule has 1 atom stereocenters. The first-order chi connectivity index (χ1) is 14.9. The van der Waals surface area contributed by atoms with Gasteiger partial charge in [0.1, 0.15) is 5.69 Å². The number of carbonyl (C=O) groups excluding carboxylic acids is 1. The largest absolute Gasteiger partial charge is 0.593 e. The second kappa shape index (κ2) is 8.84. The number of hydrogen-bond acceptors (Lipinski definition) is 5. The van der Waals surface area contributed by atoms with Crippen LogP contribution in [-0.4, -0.2) is 38.8 Å². The number of nitrogens with zero attached hydrogens (tertiary/aromatic N) is 2. The molecule has 0 aliphatic rings. The van der Waals surface area contributed by atoms with Crippen LogP contribution in [0.15, 0.2) is 58.9 Å². The third kappa shape index (κ3) is 4.24. The van der Waals surface area contributed by atoms with Crippen LogP contribution in [0.5, 0.6) is 0 Å². The number of aromatic nitrogens is 2. The van der Waals surface area contributed by atoms with Crippen LogP contribution < -0.4 is 5.32 Å². The summed E-state index contributed by atoms with van der Waals surface area (Å²) in [6.45, 7) is 4.27. The van der Waals surface area contributed by atoms with Crippen molar-refractivity contribution in [3.63, 3.8) is 0 Å². The number of carbonyl (C=O) groups is 1. The molecule has 2 heterocycles. The topological polar surface area (TPSA) is 84.1 Å². The number of rotatable bonds is 6. The lowest BCUT2D eigenvalue weighted by Gasteiger charge is -2.15. The fourth-order valence-electron chi connectivity index (χ4n) is 3.59. The van der Waals surface area contributed by atoms with Crippen molar-refractivity contribution in [2.75, 3.05) is 19.4 Å². The first-order valence-corrected chi connectivity index (χ1v) is 11.9. The van der Waals surface area contributed by atoms with E-state index in [9.17, 15) is 9.35 Å². The Kier molecular flexibility index (Phi) is 6.15. The number of aromatic amines is 1. The molecule has 0 spiro atoms. The van der Waals surface area contributed by atoms with Gasteiger partial charge < -0.3 is 9.54 Å².